The SMILES string of the molecule is C=C(C#CC1=CC(=O)[C@@H]2O[C@@H]2C1(OC)OC)CCC=C(C)C. The monoisotopic (exact) mass is 302 g/mol. The molecule has 0 radical (unpaired) electrons. The van der Waals surface area contributed by atoms with Gasteiger partial charge in [-0.1, -0.05) is 30.1 Å². The second-order valence-corrected chi connectivity index (χ2v) is 5.69. The Balaban J connectivity index is 2.13. The van der Waals surface area contributed by atoms with E-state index >= 15 is 0 Å². The summed E-state index contributed by atoms with van der Waals surface area (Å²) in [5, 5.41) is 0. The Morgan fingerprint density at radius 1 is 1.45 bits per heavy atom. The van der Waals surface area contributed by atoms with Crippen molar-refractivity contribution in [2.24, 2.45) is 0 Å². The van der Waals surface area contributed by atoms with Crippen LogP contribution in [0, 0.1) is 11.8 Å². The molecule has 4 heteroatoms. The zero-order valence-electron chi connectivity index (χ0n) is 13.6. The molecule has 22 heavy (non-hydrogen) atoms. The predicted molar refractivity (Wildman–Crippen MR) is 84.1 cm³/mol. The van der Waals surface area contributed by atoms with E-state index in [2.05, 4.69) is 38.3 Å². The predicted octanol–water partition coefficient (Wildman–Crippen LogP) is 2.56. The van der Waals surface area contributed by atoms with Crippen molar-refractivity contribution < 1.29 is 19.0 Å². The van der Waals surface area contributed by atoms with Crippen LogP contribution >= 0.6 is 0 Å². The highest BCUT2D eigenvalue weighted by Crippen LogP contribution is 2.44. The Bertz CT molecular complexity index is 592. The van der Waals surface area contributed by atoms with Gasteiger partial charge < -0.3 is 14.2 Å². The molecule has 0 spiro atoms. The number of ketones is 1. The van der Waals surface area contributed by atoms with Gasteiger partial charge >= 0.3 is 0 Å². The van der Waals surface area contributed by atoms with E-state index in [1.54, 1.807) is 0 Å². The Kier molecular flexibility index (Phi) is 5.02. The smallest absolute Gasteiger partial charge is 0.232 e. The van der Waals surface area contributed by atoms with Crippen LogP contribution < -0.4 is 0 Å². The summed E-state index contributed by atoms with van der Waals surface area (Å²) in [5.41, 5.74) is 2.58. The first-order valence-corrected chi connectivity index (χ1v) is 7.29. The van der Waals surface area contributed by atoms with Gasteiger partial charge in [-0.3, -0.25) is 4.79 Å². The number of rotatable bonds is 5. The third kappa shape index (κ3) is 3.22. The number of hydrogen-bond acceptors (Lipinski definition) is 4. The Hall–Kier alpha value is -1.67. The fourth-order valence-electron chi connectivity index (χ4n) is 2.51. The third-order valence-corrected chi connectivity index (χ3v) is 3.79. The summed E-state index contributed by atoms with van der Waals surface area (Å²) in [4.78, 5) is 11.8. The highest BCUT2D eigenvalue weighted by Gasteiger charge is 2.63. The lowest BCUT2D eigenvalue weighted by Crippen LogP contribution is -2.46. The van der Waals surface area contributed by atoms with E-state index in [1.165, 1.54) is 25.9 Å². The highest BCUT2D eigenvalue weighted by atomic mass is 16.7. The van der Waals surface area contributed by atoms with E-state index in [-0.39, 0.29) is 5.78 Å². The van der Waals surface area contributed by atoms with E-state index < -0.39 is 18.0 Å². The average molecular weight is 302 g/mol. The van der Waals surface area contributed by atoms with Gasteiger partial charge in [0.15, 0.2) is 18.0 Å². The van der Waals surface area contributed by atoms with E-state index in [4.69, 9.17) is 14.2 Å². The zero-order chi connectivity index (χ0) is 16.3. The number of carbonyl (C=O) groups is 1. The van der Waals surface area contributed by atoms with Crippen LogP contribution in [0.3, 0.4) is 0 Å². The molecule has 0 aromatic rings. The molecular weight excluding hydrogens is 280 g/mol. The molecule has 0 aromatic heterocycles. The van der Waals surface area contributed by atoms with Gasteiger partial charge in [0.05, 0.1) is 5.57 Å². The molecule has 0 aromatic carbocycles. The molecule has 2 aliphatic rings. The van der Waals surface area contributed by atoms with E-state index in [9.17, 15) is 4.79 Å². The summed E-state index contributed by atoms with van der Waals surface area (Å²) in [7, 11) is 3.05. The molecule has 118 valence electrons. The summed E-state index contributed by atoms with van der Waals surface area (Å²) >= 11 is 0. The van der Waals surface area contributed by atoms with Gasteiger partial charge in [0, 0.05) is 20.3 Å². The number of carbonyl (C=O) groups excluding carboxylic acids is 1. The number of methoxy groups -OCH3 is 2. The van der Waals surface area contributed by atoms with Crippen molar-refractivity contribution in [3.05, 3.63) is 35.5 Å². The van der Waals surface area contributed by atoms with Gasteiger partial charge in [-0.25, -0.2) is 0 Å². The van der Waals surface area contributed by atoms with Gasteiger partial charge in [-0.15, -0.1) is 0 Å². The van der Waals surface area contributed by atoms with E-state index in [1.807, 2.05) is 0 Å². The lowest BCUT2D eigenvalue weighted by Gasteiger charge is -2.30. The zero-order valence-corrected chi connectivity index (χ0v) is 13.6. The highest BCUT2D eigenvalue weighted by molar-refractivity contribution is 5.99. The van der Waals surface area contributed by atoms with Crippen LogP contribution in [0.4, 0.5) is 0 Å². The van der Waals surface area contributed by atoms with Gasteiger partial charge in [0.25, 0.3) is 0 Å². The fraction of sp³-hybridized carbons (Fsp3) is 0.500. The maximum Gasteiger partial charge on any atom is 0.232 e. The number of epoxide rings is 1. The minimum Gasteiger partial charge on any atom is -0.355 e. The lowest BCUT2D eigenvalue weighted by atomic mass is 9.91. The van der Waals surface area contributed by atoms with Crippen LogP contribution in [-0.4, -0.2) is 38.0 Å². The first-order chi connectivity index (χ1) is 10.4. The van der Waals surface area contributed by atoms with Crippen molar-refractivity contribution >= 4 is 5.78 Å². The molecule has 0 N–H and O–H groups in total. The molecule has 0 unspecified atom stereocenters. The summed E-state index contributed by atoms with van der Waals surface area (Å²) in [6.07, 6.45) is 4.41. The van der Waals surface area contributed by atoms with E-state index in [0.717, 1.165) is 18.4 Å². The molecule has 1 saturated heterocycles. The van der Waals surface area contributed by atoms with Gasteiger partial charge in [-0.05, 0) is 32.3 Å². The number of allylic oxidation sites excluding steroid dienone is 3. The van der Waals surface area contributed by atoms with E-state index in [0.29, 0.717) is 5.57 Å². The summed E-state index contributed by atoms with van der Waals surface area (Å²) < 4.78 is 16.3. The van der Waals surface area contributed by atoms with Crippen molar-refractivity contribution in [1.29, 1.82) is 0 Å². The van der Waals surface area contributed by atoms with Crippen LogP contribution in [-0.2, 0) is 19.0 Å². The standard InChI is InChI=1S/C18H22O4/c1-12(2)7-6-8-13(3)9-10-14-11-15(19)16-17(22-16)18(14,20-4)21-5/h7,11,16-17H,3,6,8H2,1-2,4-5H3/t16-,17-/m0/s1. The lowest BCUT2D eigenvalue weighted by molar-refractivity contribution is -0.188. The van der Waals surface area contributed by atoms with Gasteiger partial charge in [0.2, 0.25) is 5.79 Å². The summed E-state index contributed by atoms with van der Waals surface area (Å²) in [6, 6.07) is 0. The molecule has 1 aliphatic carbocycles. The minimum atomic E-state index is -1.09. The fourth-order valence-corrected chi connectivity index (χ4v) is 2.51. The Labute approximate surface area is 131 Å². The first kappa shape index (κ1) is 16.7. The van der Waals surface area contributed by atoms with Crippen molar-refractivity contribution in [2.45, 2.75) is 44.7 Å². The van der Waals surface area contributed by atoms with Crippen LogP contribution in [0.15, 0.2) is 35.5 Å². The van der Waals surface area contributed by atoms with Gasteiger partial charge in [0.1, 0.15) is 0 Å². The van der Waals surface area contributed by atoms with Crippen molar-refractivity contribution in [2.75, 3.05) is 14.2 Å². The maximum atomic E-state index is 11.8. The number of fused-ring (bicyclic) bond motifs is 1. The quantitative estimate of drug-likeness (QED) is 0.339. The molecule has 0 saturated carbocycles. The normalized spacial score (nSPS) is 24.5. The Morgan fingerprint density at radius 2 is 2.14 bits per heavy atom. The largest absolute Gasteiger partial charge is 0.355 e. The topological polar surface area (TPSA) is 48.1 Å². The minimum absolute atomic E-state index is 0.0887. The van der Waals surface area contributed by atoms with Crippen molar-refractivity contribution in [1.82, 2.24) is 0 Å². The number of ether oxygens (including phenoxy) is 3. The second kappa shape index (κ2) is 6.62. The average Bonchev–Trinajstić information content (AvgIpc) is 3.27. The molecule has 4 nitrogen and oxygen atoms in total. The van der Waals surface area contributed by atoms with Crippen molar-refractivity contribution in [3.8, 4) is 11.8 Å². The summed E-state index contributed by atoms with van der Waals surface area (Å²) in [5.74, 6) is 4.80. The third-order valence-electron chi connectivity index (χ3n) is 3.79. The molecule has 1 fully saturated rings. The van der Waals surface area contributed by atoms with Crippen LogP contribution in [0.5, 0.6) is 0 Å². The molecule has 1 aliphatic heterocycles. The van der Waals surface area contributed by atoms with Gasteiger partial charge in [-0.2, -0.15) is 0 Å². The maximum absolute atomic E-state index is 11.8. The van der Waals surface area contributed by atoms with Crippen LogP contribution in [0.2, 0.25) is 0 Å². The molecular formula is C18H22O4. The molecule has 1 heterocycles. The van der Waals surface area contributed by atoms with Crippen LogP contribution in [0.25, 0.3) is 0 Å². The van der Waals surface area contributed by atoms with Crippen molar-refractivity contribution in [3.63, 3.8) is 0 Å². The number of hydrogen-bond donors (Lipinski definition) is 0. The molecule has 2 rings (SSSR count). The second-order valence-electron chi connectivity index (χ2n) is 5.69. The Morgan fingerprint density at radius 3 is 2.73 bits per heavy atom. The van der Waals surface area contributed by atoms with Crippen LogP contribution in [0.1, 0.15) is 26.7 Å². The summed E-state index contributed by atoms with van der Waals surface area (Å²) in [6.45, 7) is 8.08. The first-order valence-electron chi connectivity index (χ1n) is 7.29. The molecule has 0 amide bonds. The molecule has 2 atom stereocenters. The molecule has 0 bridgehead atoms.